The minimum atomic E-state index is -3.15. The van der Waals surface area contributed by atoms with Crippen LogP contribution in [-0.4, -0.2) is 38.0 Å². The first-order valence-electron chi connectivity index (χ1n) is 14.8. The Bertz CT molecular complexity index is 1890. The Morgan fingerprint density at radius 3 is 2.24 bits per heavy atom. The molecular formula is C37H37ClN2O4S. The fourth-order valence-electron chi connectivity index (χ4n) is 5.21. The SMILES string of the molecule is CC(C)(C)c1ccc(C(Cc2ccc(C(=O)NCCS(C)(=O)=O)cc2)c2cc(-c3cccc(-c4ccccc4Cl)c3)on2)cc1. The van der Waals surface area contributed by atoms with Gasteiger partial charge in [0.15, 0.2) is 5.76 Å². The van der Waals surface area contributed by atoms with Crippen LogP contribution < -0.4 is 5.32 Å². The van der Waals surface area contributed by atoms with Gasteiger partial charge >= 0.3 is 0 Å². The number of aromatic nitrogens is 1. The molecule has 0 aliphatic carbocycles. The number of nitrogens with one attached hydrogen (secondary N) is 1. The van der Waals surface area contributed by atoms with Crippen molar-refractivity contribution in [1.29, 1.82) is 0 Å². The van der Waals surface area contributed by atoms with Gasteiger partial charge in [0.25, 0.3) is 5.91 Å². The van der Waals surface area contributed by atoms with Crippen molar-refractivity contribution in [1.82, 2.24) is 10.5 Å². The van der Waals surface area contributed by atoms with Gasteiger partial charge in [0.2, 0.25) is 0 Å². The summed E-state index contributed by atoms with van der Waals surface area (Å²) in [6.45, 7) is 6.65. The molecule has 6 nitrogen and oxygen atoms in total. The summed E-state index contributed by atoms with van der Waals surface area (Å²) in [4.78, 5) is 12.6. The average Bonchev–Trinajstić information content (AvgIpc) is 3.50. The molecule has 5 rings (SSSR count). The number of rotatable bonds is 10. The number of benzene rings is 4. The van der Waals surface area contributed by atoms with Crippen molar-refractivity contribution in [3.05, 3.63) is 136 Å². The molecule has 0 fully saturated rings. The lowest BCUT2D eigenvalue weighted by atomic mass is 9.83. The largest absolute Gasteiger partial charge is 0.356 e. The highest BCUT2D eigenvalue weighted by Gasteiger charge is 2.22. The van der Waals surface area contributed by atoms with Crippen molar-refractivity contribution in [3.63, 3.8) is 0 Å². The van der Waals surface area contributed by atoms with Gasteiger partial charge in [-0.25, -0.2) is 8.42 Å². The first-order chi connectivity index (χ1) is 21.4. The number of carbonyl (C=O) groups excluding carboxylic acids is 1. The number of carbonyl (C=O) groups is 1. The fraction of sp³-hybridized carbons (Fsp3) is 0.243. The Hall–Kier alpha value is -4.20. The number of halogens is 1. The lowest BCUT2D eigenvalue weighted by Crippen LogP contribution is -2.28. The molecule has 1 unspecified atom stereocenters. The number of amides is 1. The maximum atomic E-state index is 12.6. The summed E-state index contributed by atoms with van der Waals surface area (Å²) in [5.41, 5.74) is 7.52. The van der Waals surface area contributed by atoms with E-state index in [1.807, 2.05) is 60.7 Å². The molecule has 0 saturated carbocycles. The number of hydrogen-bond acceptors (Lipinski definition) is 5. The second kappa shape index (κ2) is 13.4. The standard InChI is InChI=1S/C37H37ClN2O4S/c1-37(2,3)30-18-16-26(17-19-30)32(22-25-12-14-27(15-13-25)36(41)39-20-21-45(4,42)43)34-24-35(44-40-34)29-9-7-8-28(23-29)31-10-5-6-11-33(31)38/h5-19,23-24,32H,20-22H2,1-4H3,(H,39,41). The molecule has 1 heterocycles. The summed E-state index contributed by atoms with van der Waals surface area (Å²) in [5.74, 6) is 0.157. The molecule has 0 saturated heterocycles. The van der Waals surface area contributed by atoms with Crippen LogP contribution in [0.15, 0.2) is 108 Å². The Kier molecular flexibility index (Phi) is 9.61. The van der Waals surface area contributed by atoms with E-state index in [1.54, 1.807) is 12.1 Å². The van der Waals surface area contributed by atoms with Crippen molar-refractivity contribution in [2.75, 3.05) is 18.6 Å². The van der Waals surface area contributed by atoms with E-state index < -0.39 is 9.84 Å². The third kappa shape index (κ3) is 8.29. The zero-order valence-corrected chi connectivity index (χ0v) is 27.5. The second-order valence-corrected chi connectivity index (χ2v) is 15.1. The van der Waals surface area contributed by atoms with Crippen LogP contribution in [0.1, 0.15) is 59.4 Å². The van der Waals surface area contributed by atoms with Gasteiger partial charge in [-0.1, -0.05) is 110 Å². The van der Waals surface area contributed by atoms with Crippen molar-refractivity contribution in [2.45, 2.75) is 38.5 Å². The van der Waals surface area contributed by atoms with Crippen LogP contribution in [0.2, 0.25) is 5.02 Å². The third-order valence-corrected chi connectivity index (χ3v) is 9.09. The Morgan fingerprint density at radius 2 is 1.58 bits per heavy atom. The highest BCUT2D eigenvalue weighted by molar-refractivity contribution is 7.90. The minimum absolute atomic E-state index is 0.0273. The van der Waals surface area contributed by atoms with E-state index in [2.05, 4.69) is 61.6 Å². The monoisotopic (exact) mass is 640 g/mol. The van der Waals surface area contributed by atoms with Crippen LogP contribution in [0.5, 0.6) is 0 Å². The number of hydrogen-bond donors (Lipinski definition) is 1. The Balaban J connectivity index is 1.42. The van der Waals surface area contributed by atoms with Crippen molar-refractivity contribution < 1.29 is 17.7 Å². The van der Waals surface area contributed by atoms with Crippen molar-refractivity contribution in [2.24, 2.45) is 0 Å². The summed E-state index contributed by atoms with van der Waals surface area (Å²) in [5, 5.41) is 7.90. The molecule has 8 heteroatoms. The van der Waals surface area contributed by atoms with Crippen LogP contribution in [0.3, 0.4) is 0 Å². The maximum absolute atomic E-state index is 12.6. The van der Waals surface area contributed by atoms with Gasteiger partial charge in [-0.2, -0.15) is 0 Å². The molecule has 5 aromatic rings. The highest BCUT2D eigenvalue weighted by atomic mass is 35.5. The molecule has 0 bridgehead atoms. The molecule has 1 amide bonds. The summed E-state index contributed by atoms with van der Waals surface area (Å²) in [6, 6.07) is 33.8. The summed E-state index contributed by atoms with van der Waals surface area (Å²) in [6.07, 6.45) is 1.78. The van der Waals surface area contributed by atoms with Gasteiger partial charge in [-0.3, -0.25) is 4.79 Å². The molecule has 1 N–H and O–H groups in total. The zero-order valence-electron chi connectivity index (χ0n) is 25.9. The first kappa shape index (κ1) is 32.2. The van der Waals surface area contributed by atoms with Gasteiger partial charge in [0, 0.05) is 46.5 Å². The summed E-state index contributed by atoms with van der Waals surface area (Å²) >= 11 is 6.47. The quantitative estimate of drug-likeness (QED) is 0.167. The predicted octanol–water partition coefficient (Wildman–Crippen LogP) is 8.11. The lowest BCUT2D eigenvalue weighted by Gasteiger charge is -2.21. The molecule has 0 aliphatic heterocycles. The Labute approximate surface area is 270 Å². The van der Waals surface area contributed by atoms with Gasteiger partial charge in [-0.05, 0) is 58.4 Å². The average molecular weight is 641 g/mol. The molecule has 45 heavy (non-hydrogen) atoms. The predicted molar refractivity (Wildman–Crippen MR) is 182 cm³/mol. The van der Waals surface area contributed by atoms with Gasteiger partial charge in [0.1, 0.15) is 9.84 Å². The van der Waals surface area contributed by atoms with Crippen LogP contribution in [0, 0.1) is 0 Å². The maximum Gasteiger partial charge on any atom is 0.251 e. The normalized spacial score (nSPS) is 12.6. The van der Waals surface area contributed by atoms with E-state index in [1.165, 1.54) is 5.56 Å². The fourth-order valence-corrected chi connectivity index (χ4v) is 5.93. The van der Waals surface area contributed by atoms with E-state index >= 15 is 0 Å². The summed E-state index contributed by atoms with van der Waals surface area (Å²) in [7, 11) is -3.15. The molecule has 0 radical (unpaired) electrons. The van der Waals surface area contributed by atoms with Gasteiger partial charge in [0.05, 0.1) is 11.4 Å². The van der Waals surface area contributed by atoms with Crippen LogP contribution in [0.4, 0.5) is 0 Å². The minimum Gasteiger partial charge on any atom is -0.356 e. The highest BCUT2D eigenvalue weighted by Crippen LogP contribution is 2.35. The number of sulfone groups is 1. The molecule has 0 spiro atoms. The first-order valence-corrected chi connectivity index (χ1v) is 17.3. The second-order valence-electron chi connectivity index (χ2n) is 12.4. The van der Waals surface area contributed by atoms with Crippen LogP contribution in [-0.2, 0) is 21.7 Å². The molecular weight excluding hydrogens is 604 g/mol. The number of nitrogens with zero attached hydrogens (tertiary/aromatic N) is 1. The smallest absolute Gasteiger partial charge is 0.251 e. The lowest BCUT2D eigenvalue weighted by molar-refractivity contribution is 0.0956. The molecule has 0 aliphatic rings. The Morgan fingerprint density at radius 1 is 0.889 bits per heavy atom. The van der Waals surface area contributed by atoms with Crippen molar-refractivity contribution >= 4 is 27.3 Å². The van der Waals surface area contributed by atoms with Crippen LogP contribution in [0.25, 0.3) is 22.5 Å². The zero-order chi connectivity index (χ0) is 32.2. The molecule has 1 atom stereocenters. The molecule has 1 aromatic heterocycles. The molecule has 232 valence electrons. The van der Waals surface area contributed by atoms with Crippen molar-refractivity contribution in [3.8, 4) is 22.5 Å². The van der Waals surface area contributed by atoms with E-state index in [-0.39, 0.29) is 29.5 Å². The summed E-state index contributed by atoms with van der Waals surface area (Å²) < 4.78 is 28.7. The van der Waals surface area contributed by atoms with E-state index in [9.17, 15) is 13.2 Å². The van der Waals surface area contributed by atoms with Gasteiger partial charge < -0.3 is 9.84 Å². The topological polar surface area (TPSA) is 89.3 Å². The third-order valence-electron chi connectivity index (χ3n) is 7.81. The van der Waals surface area contributed by atoms with Crippen LogP contribution >= 0.6 is 11.6 Å². The van der Waals surface area contributed by atoms with E-state index in [0.717, 1.165) is 39.8 Å². The van der Waals surface area contributed by atoms with E-state index in [4.69, 9.17) is 16.1 Å². The van der Waals surface area contributed by atoms with E-state index in [0.29, 0.717) is 22.8 Å². The molecule has 4 aromatic carbocycles. The van der Waals surface area contributed by atoms with Gasteiger partial charge in [-0.15, -0.1) is 0 Å².